The van der Waals surface area contributed by atoms with E-state index in [9.17, 15) is 4.79 Å². The maximum atomic E-state index is 12.7. The second-order valence-corrected chi connectivity index (χ2v) is 7.44. The van der Waals surface area contributed by atoms with Crippen LogP contribution in [0.2, 0.25) is 10.0 Å². The number of likely N-dealkylation sites (N-methyl/N-ethyl adjacent to an activating group) is 1. The van der Waals surface area contributed by atoms with E-state index in [1.54, 1.807) is 30.1 Å². The zero-order valence-electron chi connectivity index (χ0n) is 14.5. The zero-order valence-corrected chi connectivity index (χ0v) is 16.0. The highest BCUT2D eigenvalue weighted by molar-refractivity contribution is 6.42. The van der Waals surface area contributed by atoms with Crippen LogP contribution >= 0.6 is 23.2 Å². The van der Waals surface area contributed by atoms with Crippen LogP contribution < -0.4 is 9.47 Å². The molecule has 0 fully saturated rings. The summed E-state index contributed by atoms with van der Waals surface area (Å²) in [6.07, 6.45) is 2.54. The van der Waals surface area contributed by atoms with E-state index in [4.69, 9.17) is 32.7 Å². The SMILES string of the molecule is CN(CCc1c2c(cc3c1OCC3)OCC2)C(=O)c1ccc(Cl)c(Cl)c1. The van der Waals surface area contributed by atoms with Crippen LogP contribution in [0.25, 0.3) is 0 Å². The van der Waals surface area contributed by atoms with Crippen molar-refractivity contribution in [1.82, 2.24) is 4.90 Å². The topological polar surface area (TPSA) is 38.8 Å². The molecule has 2 heterocycles. The molecule has 0 spiro atoms. The Morgan fingerprint density at radius 2 is 1.92 bits per heavy atom. The van der Waals surface area contributed by atoms with Gasteiger partial charge in [0.1, 0.15) is 11.5 Å². The summed E-state index contributed by atoms with van der Waals surface area (Å²) in [5.74, 6) is 1.89. The van der Waals surface area contributed by atoms with Crippen molar-refractivity contribution >= 4 is 29.1 Å². The maximum absolute atomic E-state index is 12.7. The van der Waals surface area contributed by atoms with Crippen LogP contribution in [0.3, 0.4) is 0 Å². The largest absolute Gasteiger partial charge is 0.493 e. The summed E-state index contributed by atoms with van der Waals surface area (Å²) in [6.45, 7) is 2.01. The van der Waals surface area contributed by atoms with Crippen molar-refractivity contribution in [3.8, 4) is 11.5 Å². The standard InChI is InChI=1S/C20H19Cl2NO3/c1-23(20(24)13-2-3-16(21)17(22)10-13)7-4-15-14-6-9-25-18(14)11-12-5-8-26-19(12)15/h2-3,10-11H,4-9H2,1H3. The lowest BCUT2D eigenvalue weighted by molar-refractivity contribution is 0.0796. The van der Waals surface area contributed by atoms with E-state index in [1.807, 2.05) is 0 Å². The average molecular weight is 392 g/mol. The van der Waals surface area contributed by atoms with E-state index in [2.05, 4.69) is 6.07 Å². The van der Waals surface area contributed by atoms with Gasteiger partial charge in [-0.15, -0.1) is 0 Å². The van der Waals surface area contributed by atoms with Gasteiger partial charge in [-0.1, -0.05) is 23.2 Å². The average Bonchev–Trinajstić information content (AvgIpc) is 3.28. The third-order valence-electron chi connectivity index (χ3n) is 4.97. The van der Waals surface area contributed by atoms with Gasteiger partial charge in [-0.25, -0.2) is 0 Å². The molecule has 0 saturated heterocycles. The number of amides is 1. The first-order valence-corrected chi connectivity index (χ1v) is 9.44. The molecule has 2 aromatic rings. The second kappa shape index (κ2) is 7.01. The van der Waals surface area contributed by atoms with Crippen LogP contribution in [0.5, 0.6) is 11.5 Å². The number of carbonyl (C=O) groups is 1. The fourth-order valence-corrected chi connectivity index (χ4v) is 3.88. The number of rotatable bonds is 4. The van der Waals surface area contributed by atoms with Crippen LogP contribution in [-0.2, 0) is 19.3 Å². The number of hydrogen-bond acceptors (Lipinski definition) is 3. The lowest BCUT2D eigenvalue weighted by atomic mass is 9.97. The van der Waals surface area contributed by atoms with Crippen molar-refractivity contribution in [2.75, 3.05) is 26.8 Å². The lowest BCUT2D eigenvalue weighted by Crippen LogP contribution is -2.29. The number of halogens is 2. The van der Waals surface area contributed by atoms with Crippen LogP contribution in [-0.4, -0.2) is 37.6 Å². The van der Waals surface area contributed by atoms with E-state index in [-0.39, 0.29) is 5.91 Å². The van der Waals surface area contributed by atoms with Crippen molar-refractivity contribution in [1.29, 1.82) is 0 Å². The Labute approximate surface area is 162 Å². The van der Waals surface area contributed by atoms with Crippen molar-refractivity contribution in [3.63, 3.8) is 0 Å². The highest BCUT2D eigenvalue weighted by Crippen LogP contribution is 2.40. The van der Waals surface area contributed by atoms with E-state index in [0.29, 0.717) is 35.4 Å². The maximum Gasteiger partial charge on any atom is 0.253 e. The molecule has 2 aliphatic rings. The fraction of sp³-hybridized carbons (Fsp3) is 0.350. The molecule has 2 aromatic carbocycles. The van der Waals surface area contributed by atoms with Gasteiger partial charge in [0.2, 0.25) is 0 Å². The highest BCUT2D eigenvalue weighted by Gasteiger charge is 2.26. The normalized spacial score (nSPS) is 14.4. The molecular formula is C20H19Cl2NO3. The lowest BCUT2D eigenvalue weighted by Gasteiger charge is -2.19. The van der Waals surface area contributed by atoms with E-state index in [1.165, 1.54) is 16.7 Å². The summed E-state index contributed by atoms with van der Waals surface area (Å²) in [4.78, 5) is 14.4. The molecule has 2 aliphatic heterocycles. The summed E-state index contributed by atoms with van der Waals surface area (Å²) in [5.41, 5.74) is 4.14. The van der Waals surface area contributed by atoms with Gasteiger partial charge < -0.3 is 14.4 Å². The second-order valence-electron chi connectivity index (χ2n) is 6.62. The number of benzene rings is 2. The van der Waals surface area contributed by atoms with E-state index >= 15 is 0 Å². The molecule has 1 amide bonds. The van der Waals surface area contributed by atoms with Gasteiger partial charge in [-0.3, -0.25) is 4.79 Å². The summed E-state index contributed by atoms with van der Waals surface area (Å²) in [7, 11) is 1.80. The van der Waals surface area contributed by atoms with Gasteiger partial charge in [0.05, 0.1) is 23.3 Å². The molecule has 6 heteroatoms. The van der Waals surface area contributed by atoms with Crippen LogP contribution in [0.15, 0.2) is 24.3 Å². The Hall–Kier alpha value is -1.91. The zero-order chi connectivity index (χ0) is 18.3. The quantitative estimate of drug-likeness (QED) is 0.784. The number of ether oxygens (including phenoxy) is 2. The number of hydrogen-bond donors (Lipinski definition) is 0. The molecular weight excluding hydrogens is 373 g/mol. The molecule has 0 aliphatic carbocycles. The highest BCUT2D eigenvalue weighted by atomic mass is 35.5. The van der Waals surface area contributed by atoms with Crippen molar-refractivity contribution in [2.45, 2.75) is 19.3 Å². The number of carbonyl (C=O) groups excluding carboxylic acids is 1. The molecule has 4 rings (SSSR count). The first-order valence-electron chi connectivity index (χ1n) is 8.68. The fourth-order valence-electron chi connectivity index (χ4n) is 3.58. The first-order chi connectivity index (χ1) is 12.5. The summed E-state index contributed by atoms with van der Waals surface area (Å²) >= 11 is 12.0. The summed E-state index contributed by atoms with van der Waals surface area (Å²) < 4.78 is 11.6. The smallest absolute Gasteiger partial charge is 0.253 e. The van der Waals surface area contributed by atoms with Crippen LogP contribution in [0.1, 0.15) is 27.0 Å². The first kappa shape index (κ1) is 17.5. The summed E-state index contributed by atoms with van der Waals surface area (Å²) in [5, 5.41) is 0.827. The molecule has 136 valence electrons. The molecule has 0 N–H and O–H groups in total. The Morgan fingerprint density at radius 1 is 1.12 bits per heavy atom. The minimum atomic E-state index is -0.0787. The molecule has 0 bridgehead atoms. The molecule has 0 aromatic heterocycles. The van der Waals surface area contributed by atoms with E-state index in [0.717, 1.165) is 30.8 Å². The van der Waals surface area contributed by atoms with Gasteiger partial charge in [0, 0.05) is 48.7 Å². The van der Waals surface area contributed by atoms with Crippen LogP contribution in [0.4, 0.5) is 0 Å². The molecule has 0 saturated carbocycles. The monoisotopic (exact) mass is 391 g/mol. The van der Waals surface area contributed by atoms with Gasteiger partial charge in [-0.05, 0) is 30.7 Å². The van der Waals surface area contributed by atoms with Crippen molar-refractivity contribution in [3.05, 3.63) is 56.6 Å². The Morgan fingerprint density at radius 3 is 2.73 bits per heavy atom. The number of nitrogens with zero attached hydrogens (tertiary/aromatic N) is 1. The van der Waals surface area contributed by atoms with Gasteiger partial charge >= 0.3 is 0 Å². The van der Waals surface area contributed by atoms with E-state index < -0.39 is 0 Å². The minimum absolute atomic E-state index is 0.0787. The predicted molar refractivity (Wildman–Crippen MR) is 102 cm³/mol. The van der Waals surface area contributed by atoms with Gasteiger partial charge in [0.15, 0.2) is 0 Å². The van der Waals surface area contributed by atoms with Crippen molar-refractivity contribution < 1.29 is 14.3 Å². The van der Waals surface area contributed by atoms with Gasteiger partial charge in [0.25, 0.3) is 5.91 Å². The third-order valence-corrected chi connectivity index (χ3v) is 5.71. The third kappa shape index (κ3) is 3.12. The summed E-state index contributed by atoms with van der Waals surface area (Å²) in [6, 6.07) is 7.06. The van der Waals surface area contributed by atoms with Gasteiger partial charge in [-0.2, -0.15) is 0 Å². The number of fused-ring (bicyclic) bond motifs is 2. The molecule has 26 heavy (non-hydrogen) atoms. The van der Waals surface area contributed by atoms with Crippen molar-refractivity contribution in [2.24, 2.45) is 0 Å². The molecule has 4 nitrogen and oxygen atoms in total. The Bertz CT molecular complexity index is 850. The van der Waals surface area contributed by atoms with Crippen LogP contribution in [0, 0.1) is 0 Å². The molecule has 0 atom stereocenters. The Balaban J connectivity index is 1.52. The predicted octanol–water partition coefficient (Wildman–Crippen LogP) is 4.18. The molecule has 0 unspecified atom stereocenters. The minimum Gasteiger partial charge on any atom is -0.493 e. The molecule has 0 radical (unpaired) electrons. The Kier molecular flexibility index (Phi) is 4.72.